The summed E-state index contributed by atoms with van der Waals surface area (Å²) in [5, 5.41) is 11.3. The van der Waals surface area contributed by atoms with Gasteiger partial charge in [-0.3, -0.25) is 4.79 Å². The van der Waals surface area contributed by atoms with E-state index in [0.717, 1.165) is 23.4 Å². The highest BCUT2D eigenvalue weighted by atomic mass is 16.1. The Bertz CT molecular complexity index is 905. The topological polar surface area (TPSA) is 112 Å². The summed E-state index contributed by atoms with van der Waals surface area (Å²) in [6, 6.07) is 9.08. The van der Waals surface area contributed by atoms with Crippen LogP contribution in [0.15, 0.2) is 36.5 Å². The van der Waals surface area contributed by atoms with Crippen molar-refractivity contribution in [2.45, 2.75) is 33.4 Å². The van der Waals surface area contributed by atoms with Crippen molar-refractivity contribution in [2.24, 2.45) is 0 Å². The van der Waals surface area contributed by atoms with Gasteiger partial charge >= 0.3 is 0 Å². The van der Waals surface area contributed by atoms with Gasteiger partial charge in [0, 0.05) is 17.3 Å². The maximum absolute atomic E-state index is 12.2. The number of nitrogen functional groups attached to an aromatic ring is 1. The molecule has 2 heterocycles. The highest BCUT2D eigenvalue weighted by Crippen LogP contribution is 2.13. The molecule has 0 spiro atoms. The molecular weight excluding hydrogens is 330 g/mol. The zero-order valence-electron chi connectivity index (χ0n) is 14.8. The molecular formula is C18H21N7O. The normalized spacial score (nSPS) is 10.7. The van der Waals surface area contributed by atoms with Crippen LogP contribution in [0.2, 0.25) is 0 Å². The number of amides is 1. The second kappa shape index (κ2) is 7.73. The Kier molecular flexibility index (Phi) is 5.21. The number of anilines is 1. The Morgan fingerprint density at radius 3 is 2.73 bits per heavy atom. The van der Waals surface area contributed by atoms with Crippen LogP contribution in [0.5, 0.6) is 0 Å². The van der Waals surface area contributed by atoms with Gasteiger partial charge in [-0.05, 0) is 25.5 Å². The van der Waals surface area contributed by atoms with Gasteiger partial charge in [0.15, 0.2) is 0 Å². The molecule has 2 aromatic heterocycles. The van der Waals surface area contributed by atoms with E-state index in [4.69, 9.17) is 5.73 Å². The number of hydrogen-bond donors (Lipinski definition) is 2. The van der Waals surface area contributed by atoms with Crippen LogP contribution in [0.4, 0.5) is 5.82 Å². The lowest BCUT2D eigenvalue weighted by atomic mass is 10.2. The third-order valence-corrected chi connectivity index (χ3v) is 4.04. The van der Waals surface area contributed by atoms with Crippen LogP contribution in [0.1, 0.15) is 40.1 Å². The molecule has 26 heavy (non-hydrogen) atoms. The molecule has 8 heteroatoms. The molecule has 1 amide bonds. The zero-order chi connectivity index (χ0) is 18.5. The first-order valence-corrected chi connectivity index (χ1v) is 8.41. The third kappa shape index (κ3) is 3.85. The van der Waals surface area contributed by atoms with E-state index in [1.54, 1.807) is 29.9 Å². The summed E-state index contributed by atoms with van der Waals surface area (Å²) in [6.45, 7) is 4.57. The second-order valence-electron chi connectivity index (χ2n) is 5.87. The maximum Gasteiger partial charge on any atom is 0.251 e. The van der Waals surface area contributed by atoms with Gasteiger partial charge < -0.3 is 11.1 Å². The van der Waals surface area contributed by atoms with Crippen LogP contribution in [-0.4, -0.2) is 30.9 Å². The first-order chi connectivity index (χ1) is 12.6. The van der Waals surface area contributed by atoms with E-state index in [2.05, 4.69) is 25.6 Å². The minimum Gasteiger partial charge on any atom is -0.383 e. The molecule has 1 aromatic carbocycles. The Hall–Kier alpha value is -3.29. The van der Waals surface area contributed by atoms with E-state index in [1.165, 1.54) is 0 Å². The number of hydrogen-bond acceptors (Lipinski definition) is 6. The van der Waals surface area contributed by atoms with Gasteiger partial charge in [-0.25, -0.2) is 14.6 Å². The summed E-state index contributed by atoms with van der Waals surface area (Å²) in [6.07, 6.45) is 2.44. The molecule has 0 atom stereocenters. The number of benzene rings is 1. The van der Waals surface area contributed by atoms with Gasteiger partial charge in [-0.1, -0.05) is 30.3 Å². The number of nitrogens with one attached hydrogen (secondary N) is 1. The van der Waals surface area contributed by atoms with Crippen molar-refractivity contribution in [1.82, 2.24) is 30.3 Å². The fourth-order valence-electron chi connectivity index (χ4n) is 2.67. The van der Waals surface area contributed by atoms with Crippen molar-refractivity contribution in [1.29, 1.82) is 0 Å². The Morgan fingerprint density at radius 1 is 1.27 bits per heavy atom. The molecule has 0 saturated heterocycles. The fraction of sp³-hybridized carbons (Fsp3) is 0.278. The van der Waals surface area contributed by atoms with E-state index in [1.807, 2.05) is 25.1 Å². The predicted molar refractivity (Wildman–Crippen MR) is 97.3 cm³/mol. The van der Waals surface area contributed by atoms with Crippen LogP contribution in [0, 0.1) is 6.92 Å². The van der Waals surface area contributed by atoms with Gasteiger partial charge in [0.1, 0.15) is 17.3 Å². The molecule has 3 aromatic rings. The van der Waals surface area contributed by atoms with Crippen molar-refractivity contribution in [3.05, 3.63) is 64.9 Å². The van der Waals surface area contributed by atoms with Crippen molar-refractivity contribution in [3.8, 4) is 0 Å². The van der Waals surface area contributed by atoms with E-state index in [9.17, 15) is 4.79 Å². The highest BCUT2D eigenvalue weighted by Gasteiger charge is 2.14. The lowest BCUT2D eigenvalue weighted by Crippen LogP contribution is -2.23. The Balaban J connectivity index is 1.73. The zero-order valence-corrected chi connectivity index (χ0v) is 14.8. The average Bonchev–Trinajstić information content (AvgIpc) is 3.04. The van der Waals surface area contributed by atoms with E-state index in [0.29, 0.717) is 30.3 Å². The molecule has 0 aliphatic heterocycles. The highest BCUT2D eigenvalue weighted by molar-refractivity contribution is 5.94. The molecule has 0 aliphatic carbocycles. The van der Waals surface area contributed by atoms with Crippen LogP contribution < -0.4 is 11.1 Å². The minimum absolute atomic E-state index is 0.140. The smallest absolute Gasteiger partial charge is 0.251 e. The van der Waals surface area contributed by atoms with E-state index >= 15 is 0 Å². The average molecular weight is 351 g/mol. The quantitative estimate of drug-likeness (QED) is 0.696. The summed E-state index contributed by atoms with van der Waals surface area (Å²) in [7, 11) is 0. The second-order valence-corrected chi connectivity index (χ2v) is 5.87. The fourth-order valence-corrected chi connectivity index (χ4v) is 2.67. The lowest BCUT2D eigenvalue weighted by molar-refractivity contribution is 0.0950. The van der Waals surface area contributed by atoms with Gasteiger partial charge in [-0.15, -0.1) is 5.10 Å². The number of carbonyl (C=O) groups excluding carboxylic acids is 1. The van der Waals surface area contributed by atoms with Crippen LogP contribution in [-0.2, 0) is 19.5 Å². The van der Waals surface area contributed by atoms with Crippen molar-refractivity contribution >= 4 is 11.7 Å². The van der Waals surface area contributed by atoms with Gasteiger partial charge in [0.25, 0.3) is 5.91 Å². The van der Waals surface area contributed by atoms with Gasteiger partial charge in [-0.2, -0.15) is 0 Å². The Morgan fingerprint density at radius 2 is 2.04 bits per heavy atom. The molecule has 8 nitrogen and oxygen atoms in total. The van der Waals surface area contributed by atoms with Crippen molar-refractivity contribution < 1.29 is 4.79 Å². The summed E-state index contributed by atoms with van der Waals surface area (Å²) < 4.78 is 1.77. The lowest BCUT2D eigenvalue weighted by Gasteiger charge is -2.09. The molecule has 3 N–H and O–H groups in total. The Labute approximate surface area is 151 Å². The largest absolute Gasteiger partial charge is 0.383 e. The van der Waals surface area contributed by atoms with E-state index in [-0.39, 0.29) is 5.91 Å². The summed E-state index contributed by atoms with van der Waals surface area (Å²) in [5.74, 6) is 0.928. The van der Waals surface area contributed by atoms with Gasteiger partial charge in [0.05, 0.1) is 18.8 Å². The number of rotatable bonds is 6. The monoisotopic (exact) mass is 351 g/mol. The minimum atomic E-state index is -0.140. The summed E-state index contributed by atoms with van der Waals surface area (Å²) in [4.78, 5) is 20.5. The van der Waals surface area contributed by atoms with Gasteiger partial charge in [0.2, 0.25) is 0 Å². The molecule has 3 rings (SSSR count). The first-order valence-electron chi connectivity index (χ1n) is 8.41. The first kappa shape index (κ1) is 17.5. The number of aryl methyl sites for hydroxylation is 1. The van der Waals surface area contributed by atoms with E-state index < -0.39 is 0 Å². The van der Waals surface area contributed by atoms with Crippen molar-refractivity contribution in [2.75, 3.05) is 5.73 Å². The third-order valence-electron chi connectivity index (χ3n) is 4.04. The SMILES string of the molecule is CCc1c(CNC(=O)c2ccccc2)nnn1Cc1cnc(C)nc1N. The van der Waals surface area contributed by atoms with Crippen LogP contribution >= 0.6 is 0 Å². The molecule has 134 valence electrons. The summed E-state index contributed by atoms with van der Waals surface area (Å²) >= 11 is 0. The standard InChI is InChI=1S/C18H21N7O/c1-3-16-15(10-21-18(26)13-7-5-4-6-8-13)23-24-25(16)11-14-9-20-12(2)22-17(14)19/h4-9H,3,10-11H2,1-2H3,(H,21,26)(H2,19,20,22). The molecule has 0 fully saturated rings. The molecule has 0 radical (unpaired) electrons. The number of aromatic nitrogens is 5. The maximum atomic E-state index is 12.2. The molecule has 0 aliphatic rings. The molecule has 0 unspecified atom stereocenters. The number of nitrogens with two attached hydrogens (primary N) is 1. The number of carbonyl (C=O) groups is 1. The number of nitrogens with zero attached hydrogens (tertiary/aromatic N) is 5. The van der Waals surface area contributed by atoms with Crippen molar-refractivity contribution in [3.63, 3.8) is 0 Å². The molecule has 0 saturated carbocycles. The van der Waals surface area contributed by atoms with Crippen LogP contribution in [0.3, 0.4) is 0 Å². The predicted octanol–water partition coefficient (Wildman–Crippen LogP) is 1.50. The molecule has 0 bridgehead atoms. The van der Waals surface area contributed by atoms with Crippen LogP contribution in [0.25, 0.3) is 0 Å². The summed E-state index contributed by atoms with van der Waals surface area (Å²) in [5.41, 5.74) is 9.04.